The minimum Gasteiger partial charge on any atom is -0.466 e. The fourth-order valence-electron chi connectivity index (χ4n) is 2.63. The van der Waals surface area contributed by atoms with Gasteiger partial charge in [-0.25, -0.2) is 0 Å². The molecule has 0 aliphatic heterocycles. The highest BCUT2D eigenvalue weighted by Gasteiger charge is 2.16. The predicted octanol–water partition coefficient (Wildman–Crippen LogP) is 5.99. The first kappa shape index (κ1) is 20.5. The lowest BCUT2D eigenvalue weighted by molar-refractivity contribution is -0.144. The van der Waals surface area contributed by atoms with E-state index in [9.17, 15) is 4.79 Å². The Morgan fingerprint density at radius 1 is 0.905 bits per heavy atom. The normalized spacial score (nSPS) is 12.9. The lowest BCUT2D eigenvalue weighted by atomic mass is 9.85. The first-order valence-electron chi connectivity index (χ1n) is 9.13. The maximum atomic E-state index is 11.8. The number of carbonyl (C=O) groups excluding carboxylic acids is 1. The van der Waals surface area contributed by atoms with Gasteiger partial charge in [0.2, 0.25) is 0 Å². The van der Waals surface area contributed by atoms with Crippen molar-refractivity contribution in [1.82, 2.24) is 0 Å². The monoisotopic (exact) mass is 298 g/mol. The smallest absolute Gasteiger partial charge is 0.305 e. The Hall–Kier alpha value is -0.530. The van der Waals surface area contributed by atoms with Gasteiger partial charge in [-0.15, -0.1) is 0 Å². The molecule has 0 aromatic heterocycles. The van der Waals surface area contributed by atoms with Gasteiger partial charge in [0.1, 0.15) is 0 Å². The molecule has 0 heterocycles. The number of hydrogen-bond donors (Lipinski definition) is 0. The van der Waals surface area contributed by atoms with Crippen molar-refractivity contribution in [3.63, 3.8) is 0 Å². The van der Waals surface area contributed by atoms with Crippen LogP contribution in [0.1, 0.15) is 92.4 Å². The molecule has 0 fully saturated rings. The molecule has 2 heteroatoms. The summed E-state index contributed by atoms with van der Waals surface area (Å²) in [6, 6.07) is 0. The number of carbonyl (C=O) groups is 1. The maximum Gasteiger partial charge on any atom is 0.305 e. The lowest BCUT2D eigenvalue weighted by Gasteiger charge is -2.21. The van der Waals surface area contributed by atoms with E-state index in [0.29, 0.717) is 24.9 Å². The molecule has 1 atom stereocenters. The van der Waals surface area contributed by atoms with Gasteiger partial charge in [-0.2, -0.15) is 0 Å². The summed E-state index contributed by atoms with van der Waals surface area (Å²) in [5, 5.41) is 0. The van der Waals surface area contributed by atoms with Crippen molar-refractivity contribution in [2.24, 2.45) is 17.8 Å². The molecule has 0 saturated heterocycles. The van der Waals surface area contributed by atoms with Crippen LogP contribution in [0, 0.1) is 17.8 Å². The van der Waals surface area contributed by atoms with Crippen molar-refractivity contribution in [3.05, 3.63) is 0 Å². The molecule has 126 valence electrons. The van der Waals surface area contributed by atoms with E-state index in [1.165, 1.54) is 38.5 Å². The van der Waals surface area contributed by atoms with Gasteiger partial charge in [-0.3, -0.25) is 4.79 Å². The highest BCUT2D eigenvalue weighted by atomic mass is 16.5. The van der Waals surface area contributed by atoms with E-state index in [2.05, 4.69) is 34.6 Å². The predicted molar refractivity (Wildman–Crippen MR) is 91.4 cm³/mol. The van der Waals surface area contributed by atoms with Crippen LogP contribution in [0.15, 0.2) is 0 Å². The minimum absolute atomic E-state index is 0.000637. The molecule has 0 aromatic carbocycles. The minimum atomic E-state index is 0.000637. The van der Waals surface area contributed by atoms with Gasteiger partial charge in [0.05, 0.1) is 6.61 Å². The molecule has 1 unspecified atom stereocenters. The van der Waals surface area contributed by atoms with E-state index in [4.69, 9.17) is 4.74 Å². The zero-order valence-corrected chi connectivity index (χ0v) is 15.1. The second-order valence-corrected chi connectivity index (χ2v) is 7.15. The summed E-state index contributed by atoms with van der Waals surface area (Å²) in [7, 11) is 0. The van der Waals surface area contributed by atoms with E-state index in [-0.39, 0.29) is 5.97 Å². The molecule has 0 amide bonds. The van der Waals surface area contributed by atoms with Gasteiger partial charge in [-0.05, 0) is 37.0 Å². The average molecular weight is 299 g/mol. The van der Waals surface area contributed by atoms with Crippen LogP contribution in [0.2, 0.25) is 0 Å². The standard InChI is InChI=1S/C19H38O2/c1-6-7-8-9-10-15-21-19(20)14-13-18(17(4)5)12-11-16(2)3/h16-18H,6-15H2,1-5H3. The van der Waals surface area contributed by atoms with Gasteiger partial charge in [-0.1, -0.05) is 66.7 Å². The molecule has 0 aliphatic rings. The Labute approximate surface area is 133 Å². The molecule has 21 heavy (non-hydrogen) atoms. The molecule has 0 bridgehead atoms. The molecular weight excluding hydrogens is 260 g/mol. The van der Waals surface area contributed by atoms with E-state index >= 15 is 0 Å². The van der Waals surface area contributed by atoms with Crippen LogP contribution in [-0.2, 0) is 9.53 Å². The van der Waals surface area contributed by atoms with Crippen molar-refractivity contribution >= 4 is 5.97 Å². The molecule has 0 rings (SSSR count). The van der Waals surface area contributed by atoms with E-state index in [1.807, 2.05) is 0 Å². The Morgan fingerprint density at radius 3 is 2.14 bits per heavy atom. The van der Waals surface area contributed by atoms with Crippen molar-refractivity contribution in [3.8, 4) is 0 Å². The summed E-state index contributed by atoms with van der Waals surface area (Å²) in [4.78, 5) is 11.8. The third-order valence-electron chi connectivity index (χ3n) is 4.29. The largest absolute Gasteiger partial charge is 0.466 e. The number of esters is 1. The molecular formula is C19H38O2. The fourth-order valence-corrected chi connectivity index (χ4v) is 2.63. The van der Waals surface area contributed by atoms with Crippen LogP contribution < -0.4 is 0 Å². The quantitative estimate of drug-likeness (QED) is 0.308. The van der Waals surface area contributed by atoms with Crippen molar-refractivity contribution < 1.29 is 9.53 Å². The molecule has 0 aliphatic carbocycles. The Bertz CT molecular complexity index is 246. The Kier molecular flexibility index (Phi) is 12.8. The number of hydrogen-bond acceptors (Lipinski definition) is 2. The Morgan fingerprint density at radius 2 is 1.57 bits per heavy atom. The molecule has 0 radical (unpaired) electrons. The third kappa shape index (κ3) is 12.9. The highest BCUT2D eigenvalue weighted by molar-refractivity contribution is 5.69. The van der Waals surface area contributed by atoms with Crippen LogP contribution in [0.25, 0.3) is 0 Å². The molecule has 0 spiro atoms. The van der Waals surface area contributed by atoms with Crippen molar-refractivity contribution in [2.75, 3.05) is 6.61 Å². The molecule has 2 nitrogen and oxygen atoms in total. The van der Waals surface area contributed by atoms with Crippen LogP contribution in [0.5, 0.6) is 0 Å². The van der Waals surface area contributed by atoms with Gasteiger partial charge in [0.25, 0.3) is 0 Å². The number of unbranched alkanes of at least 4 members (excludes halogenated alkanes) is 4. The maximum absolute atomic E-state index is 11.8. The van der Waals surface area contributed by atoms with Gasteiger partial charge in [0.15, 0.2) is 0 Å². The van der Waals surface area contributed by atoms with E-state index < -0.39 is 0 Å². The first-order chi connectivity index (χ1) is 9.97. The second-order valence-electron chi connectivity index (χ2n) is 7.15. The second kappa shape index (κ2) is 13.2. The van der Waals surface area contributed by atoms with Crippen molar-refractivity contribution in [1.29, 1.82) is 0 Å². The SMILES string of the molecule is CCCCCCCOC(=O)CCC(CCC(C)C)C(C)C. The van der Waals surface area contributed by atoms with Crippen LogP contribution in [0.3, 0.4) is 0 Å². The lowest BCUT2D eigenvalue weighted by Crippen LogP contribution is -2.14. The van der Waals surface area contributed by atoms with Crippen LogP contribution in [0.4, 0.5) is 0 Å². The number of rotatable bonds is 13. The molecule has 0 saturated carbocycles. The number of ether oxygens (including phenoxy) is 1. The van der Waals surface area contributed by atoms with Gasteiger partial charge < -0.3 is 4.74 Å². The fraction of sp³-hybridized carbons (Fsp3) is 0.947. The Balaban J connectivity index is 3.72. The van der Waals surface area contributed by atoms with Crippen LogP contribution >= 0.6 is 0 Å². The average Bonchev–Trinajstić information content (AvgIpc) is 2.41. The summed E-state index contributed by atoms with van der Waals surface area (Å²) in [5.41, 5.74) is 0. The van der Waals surface area contributed by atoms with E-state index in [1.54, 1.807) is 0 Å². The van der Waals surface area contributed by atoms with Gasteiger partial charge in [0, 0.05) is 6.42 Å². The zero-order valence-electron chi connectivity index (χ0n) is 15.1. The van der Waals surface area contributed by atoms with Gasteiger partial charge >= 0.3 is 5.97 Å². The van der Waals surface area contributed by atoms with Crippen LogP contribution in [-0.4, -0.2) is 12.6 Å². The first-order valence-corrected chi connectivity index (χ1v) is 9.13. The zero-order chi connectivity index (χ0) is 16.1. The molecule has 0 aromatic rings. The molecule has 0 N–H and O–H groups in total. The summed E-state index contributed by atoms with van der Waals surface area (Å²) >= 11 is 0. The van der Waals surface area contributed by atoms with E-state index in [0.717, 1.165) is 18.8 Å². The summed E-state index contributed by atoms with van der Waals surface area (Å²) < 4.78 is 5.34. The summed E-state index contributed by atoms with van der Waals surface area (Å²) in [6.07, 6.45) is 10.1. The summed E-state index contributed by atoms with van der Waals surface area (Å²) in [5.74, 6) is 2.07. The third-order valence-corrected chi connectivity index (χ3v) is 4.29. The topological polar surface area (TPSA) is 26.3 Å². The van der Waals surface area contributed by atoms with Crippen molar-refractivity contribution in [2.45, 2.75) is 92.4 Å². The highest BCUT2D eigenvalue weighted by Crippen LogP contribution is 2.24. The summed E-state index contributed by atoms with van der Waals surface area (Å²) in [6.45, 7) is 11.9.